The van der Waals surface area contributed by atoms with Crippen molar-refractivity contribution in [1.29, 1.82) is 0 Å². The summed E-state index contributed by atoms with van der Waals surface area (Å²) in [4.78, 5) is 38.2. The number of carboxylic acid groups (broad SMARTS) is 1. The van der Waals surface area contributed by atoms with E-state index in [1.165, 1.54) is 4.90 Å². The molecule has 0 spiro atoms. The molecule has 2 N–H and O–H groups in total. The molecular weight excluding hydrogens is 344 g/mol. The number of rotatable bonds is 7. The number of nitrogens with one attached hydrogen (secondary N) is 1. The van der Waals surface area contributed by atoms with Gasteiger partial charge in [0.1, 0.15) is 6.04 Å². The molecule has 0 aliphatic heterocycles. The molecular formula is C21H22N2O4. The summed E-state index contributed by atoms with van der Waals surface area (Å²) in [6.45, 7) is 0. The molecule has 6 heteroatoms. The lowest BCUT2D eigenvalue weighted by atomic mass is 10.0. The first-order valence-electron chi connectivity index (χ1n) is 8.91. The van der Waals surface area contributed by atoms with Crippen LogP contribution in [-0.2, 0) is 16.0 Å². The molecule has 6 nitrogen and oxygen atoms in total. The zero-order valence-corrected chi connectivity index (χ0v) is 15.1. The molecule has 1 aliphatic rings. The smallest absolute Gasteiger partial charge is 0.326 e. The van der Waals surface area contributed by atoms with Gasteiger partial charge in [-0.3, -0.25) is 9.59 Å². The minimum absolute atomic E-state index is 0.0191. The van der Waals surface area contributed by atoms with Gasteiger partial charge in [-0.15, -0.1) is 0 Å². The van der Waals surface area contributed by atoms with Gasteiger partial charge in [0, 0.05) is 19.4 Å². The Morgan fingerprint density at radius 1 is 1.07 bits per heavy atom. The van der Waals surface area contributed by atoms with E-state index in [4.69, 9.17) is 0 Å². The van der Waals surface area contributed by atoms with Crippen LogP contribution in [0.1, 0.15) is 28.8 Å². The molecule has 0 heterocycles. The Balaban J connectivity index is 1.78. The number of para-hydroxylation sites is 1. The summed E-state index contributed by atoms with van der Waals surface area (Å²) in [5.41, 5.74) is 1.59. The fourth-order valence-corrected chi connectivity index (χ4v) is 2.97. The van der Waals surface area contributed by atoms with Gasteiger partial charge >= 0.3 is 5.97 Å². The highest BCUT2D eigenvalue weighted by Crippen LogP contribution is 2.33. The van der Waals surface area contributed by atoms with Crippen LogP contribution in [-0.4, -0.2) is 36.0 Å². The number of amides is 2. The number of carbonyl (C=O) groups is 3. The lowest BCUT2D eigenvalue weighted by Crippen LogP contribution is -2.43. The van der Waals surface area contributed by atoms with Crippen molar-refractivity contribution < 1.29 is 19.5 Å². The highest BCUT2D eigenvalue weighted by molar-refractivity contribution is 6.06. The van der Waals surface area contributed by atoms with Gasteiger partial charge in [0.15, 0.2) is 0 Å². The Labute approximate surface area is 157 Å². The lowest BCUT2D eigenvalue weighted by molar-refractivity contribution is -0.139. The van der Waals surface area contributed by atoms with Crippen LogP contribution in [0.5, 0.6) is 0 Å². The predicted molar refractivity (Wildman–Crippen MR) is 102 cm³/mol. The molecule has 0 saturated heterocycles. The number of aliphatic carboxylic acids is 1. The summed E-state index contributed by atoms with van der Waals surface area (Å²) in [6, 6.07) is 14.8. The zero-order chi connectivity index (χ0) is 19.4. The quantitative estimate of drug-likeness (QED) is 0.788. The summed E-state index contributed by atoms with van der Waals surface area (Å²) in [6.07, 6.45) is 1.92. The summed E-state index contributed by atoms with van der Waals surface area (Å²) in [7, 11) is 1.64. The van der Waals surface area contributed by atoms with E-state index in [2.05, 4.69) is 5.32 Å². The monoisotopic (exact) mass is 366 g/mol. The third kappa shape index (κ3) is 4.53. The molecule has 0 bridgehead atoms. The molecule has 1 unspecified atom stereocenters. The van der Waals surface area contributed by atoms with E-state index in [1.807, 2.05) is 30.3 Å². The van der Waals surface area contributed by atoms with E-state index in [-0.39, 0.29) is 23.8 Å². The van der Waals surface area contributed by atoms with Crippen LogP contribution in [0, 0.1) is 5.92 Å². The molecule has 2 amide bonds. The van der Waals surface area contributed by atoms with Crippen molar-refractivity contribution >= 4 is 23.5 Å². The van der Waals surface area contributed by atoms with E-state index in [0.29, 0.717) is 5.69 Å². The Hall–Kier alpha value is -3.15. The molecule has 2 aromatic carbocycles. The molecule has 1 fully saturated rings. The molecule has 1 aliphatic carbocycles. The standard InChI is InChI=1S/C21H22N2O4/c1-23(20(25)15-11-12-15)18-10-6-5-9-16(18)19(24)22-17(21(26)27)13-14-7-3-2-4-8-14/h2-10,15,17H,11-13H2,1H3,(H,22,24)(H,26,27). The molecule has 3 rings (SSSR count). The topological polar surface area (TPSA) is 86.7 Å². The van der Waals surface area contributed by atoms with E-state index >= 15 is 0 Å². The van der Waals surface area contributed by atoms with Gasteiger partial charge in [0.05, 0.1) is 11.3 Å². The average Bonchev–Trinajstić information content (AvgIpc) is 3.52. The first kappa shape index (κ1) is 18.6. The number of hydrogen-bond acceptors (Lipinski definition) is 3. The lowest BCUT2D eigenvalue weighted by Gasteiger charge is -2.21. The Kier molecular flexibility index (Phi) is 5.54. The largest absolute Gasteiger partial charge is 0.480 e. The normalized spacial score (nSPS) is 14.3. The first-order valence-corrected chi connectivity index (χ1v) is 8.91. The number of carbonyl (C=O) groups excluding carboxylic acids is 2. The van der Waals surface area contributed by atoms with Crippen LogP contribution in [0.3, 0.4) is 0 Å². The van der Waals surface area contributed by atoms with Gasteiger partial charge < -0.3 is 15.3 Å². The number of nitrogens with zero attached hydrogens (tertiary/aromatic N) is 1. The summed E-state index contributed by atoms with van der Waals surface area (Å²) < 4.78 is 0. The van der Waals surface area contributed by atoms with Gasteiger partial charge in [-0.05, 0) is 30.5 Å². The Bertz CT molecular complexity index is 846. The van der Waals surface area contributed by atoms with Gasteiger partial charge in [-0.1, -0.05) is 42.5 Å². The van der Waals surface area contributed by atoms with Crippen molar-refractivity contribution in [1.82, 2.24) is 5.32 Å². The molecule has 1 atom stereocenters. The van der Waals surface area contributed by atoms with Crippen LogP contribution >= 0.6 is 0 Å². The first-order chi connectivity index (χ1) is 13.0. The highest BCUT2D eigenvalue weighted by atomic mass is 16.4. The number of hydrogen-bond donors (Lipinski definition) is 2. The SMILES string of the molecule is CN(C(=O)C1CC1)c1ccccc1C(=O)NC(Cc1ccccc1)C(=O)O. The van der Waals surface area contributed by atoms with Gasteiger partial charge in [0.2, 0.25) is 5.91 Å². The maximum Gasteiger partial charge on any atom is 0.326 e. The summed E-state index contributed by atoms with van der Waals surface area (Å²) >= 11 is 0. The number of benzene rings is 2. The van der Waals surface area contributed by atoms with Crippen molar-refractivity contribution in [2.24, 2.45) is 5.92 Å². The third-order valence-electron chi connectivity index (χ3n) is 4.65. The maximum absolute atomic E-state index is 12.8. The van der Waals surface area contributed by atoms with Crippen molar-refractivity contribution in [3.63, 3.8) is 0 Å². The van der Waals surface area contributed by atoms with Gasteiger partial charge in [0.25, 0.3) is 5.91 Å². The van der Waals surface area contributed by atoms with Crippen LogP contribution < -0.4 is 10.2 Å². The zero-order valence-electron chi connectivity index (χ0n) is 15.1. The molecule has 0 radical (unpaired) electrons. The molecule has 0 aromatic heterocycles. The third-order valence-corrected chi connectivity index (χ3v) is 4.65. The second kappa shape index (κ2) is 8.03. The van der Waals surface area contributed by atoms with Gasteiger partial charge in [-0.25, -0.2) is 4.79 Å². The Morgan fingerprint density at radius 2 is 1.70 bits per heavy atom. The number of carboxylic acids is 1. The summed E-state index contributed by atoms with van der Waals surface area (Å²) in [5.74, 6) is -1.61. The highest BCUT2D eigenvalue weighted by Gasteiger charge is 2.33. The van der Waals surface area contributed by atoms with Crippen molar-refractivity contribution in [3.05, 3.63) is 65.7 Å². The molecule has 1 saturated carbocycles. The van der Waals surface area contributed by atoms with Crippen LogP contribution in [0.25, 0.3) is 0 Å². The van der Waals surface area contributed by atoms with Crippen LogP contribution in [0.2, 0.25) is 0 Å². The maximum atomic E-state index is 12.8. The summed E-state index contributed by atoms with van der Waals surface area (Å²) in [5, 5.41) is 12.1. The van der Waals surface area contributed by atoms with E-state index in [0.717, 1.165) is 18.4 Å². The minimum atomic E-state index is -1.10. The Morgan fingerprint density at radius 3 is 2.33 bits per heavy atom. The second-order valence-corrected chi connectivity index (χ2v) is 6.74. The average molecular weight is 366 g/mol. The fraction of sp³-hybridized carbons (Fsp3) is 0.286. The van der Waals surface area contributed by atoms with E-state index in [9.17, 15) is 19.5 Å². The predicted octanol–water partition coefficient (Wildman–Crippen LogP) is 2.49. The molecule has 140 valence electrons. The van der Waals surface area contributed by atoms with Crippen LogP contribution in [0.4, 0.5) is 5.69 Å². The molecule has 2 aromatic rings. The second-order valence-electron chi connectivity index (χ2n) is 6.74. The van der Waals surface area contributed by atoms with Crippen molar-refractivity contribution in [2.45, 2.75) is 25.3 Å². The fourth-order valence-electron chi connectivity index (χ4n) is 2.97. The van der Waals surface area contributed by atoms with E-state index < -0.39 is 17.9 Å². The van der Waals surface area contributed by atoms with Gasteiger partial charge in [-0.2, -0.15) is 0 Å². The van der Waals surface area contributed by atoms with E-state index in [1.54, 1.807) is 31.3 Å². The number of anilines is 1. The van der Waals surface area contributed by atoms with Crippen molar-refractivity contribution in [3.8, 4) is 0 Å². The van der Waals surface area contributed by atoms with Crippen molar-refractivity contribution in [2.75, 3.05) is 11.9 Å². The minimum Gasteiger partial charge on any atom is -0.480 e. The molecule has 27 heavy (non-hydrogen) atoms. The van der Waals surface area contributed by atoms with Crippen LogP contribution in [0.15, 0.2) is 54.6 Å².